The fourth-order valence-corrected chi connectivity index (χ4v) is 1.36. The molecule has 10 heavy (non-hydrogen) atoms. The highest BCUT2D eigenvalue weighted by Gasteiger charge is 2.27. The van der Waals surface area contributed by atoms with Gasteiger partial charge in [0.1, 0.15) is 6.04 Å². The molecule has 0 amide bonds. The molecule has 0 unspecified atom stereocenters. The molecule has 0 radical (unpaired) electrons. The van der Waals surface area contributed by atoms with E-state index in [-0.39, 0.29) is 12.0 Å². The minimum absolute atomic E-state index is 0.132. The van der Waals surface area contributed by atoms with Crippen LogP contribution in [-0.2, 0) is 9.53 Å². The van der Waals surface area contributed by atoms with Gasteiger partial charge in [0, 0.05) is 11.8 Å². The van der Waals surface area contributed by atoms with Gasteiger partial charge in [0.25, 0.3) is 0 Å². The summed E-state index contributed by atoms with van der Waals surface area (Å²) >= 11 is 4.21. The van der Waals surface area contributed by atoms with E-state index in [1.54, 1.807) is 0 Å². The first-order valence-electron chi connectivity index (χ1n) is 3.23. The zero-order valence-electron chi connectivity index (χ0n) is 5.83. The summed E-state index contributed by atoms with van der Waals surface area (Å²) in [6.07, 6.45) is 0.774. The minimum atomic E-state index is -0.184. The number of carbonyl (C=O) groups excluding carboxylic acids is 1. The van der Waals surface area contributed by atoms with Gasteiger partial charge in [0.15, 0.2) is 0 Å². The van der Waals surface area contributed by atoms with Gasteiger partial charge in [-0.3, -0.25) is 4.79 Å². The van der Waals surface area contributed by atoms with Crippen molar-refractivity contribution in [2.75, 3.05) is 13.7 Å². The fourth-order valence-electron chi connectivity index (χ4n) is 1.04. The molecule has 1 rings (SSSR count). The number of hydrogen-bond donors (Lipinski definition) is 2. The quantitative estimate of drug-likeness (QED) is 0.414. The van der Waals surface area contributed by atoms with Crippen molar-refractivity contribution < 1.29 is 9.53 Å². The summed E-state index contributed by atoms with van der Waals surface area (Å²) in [4.78, 5) is 10.8. The van der Waals surface area contributed by atoms with Crippen LogP contribution < -0.4 is 5.32 Å². The molecule has 0 saturated carbocycles. The number of ether oxygens (including phenoxy) is 1. The van der Waals surface area contributed by atoms with E-state index in [4.69, 9.17) is 0 Å². The van der Waals surface area contributed by atoms with Gasteiger partial charge in [-0.1, -0.05) is 0 Å². The van der Waals surface area contributed by atoms with Gasteiger partial charge in [-0.25, -0.2) is 0 Å². The van der Waals surface area contributed by atoms with Gasteiger partial charge in [0.05, 0.1) is 7.11 Å². The molecular weight excluding hydrogens is 150 g/mol. The molecule has 0 aromatic rings. The number of esters is 1. The van der Waals surface area contributed by atoms with Crippen LogP contribution in [0.15, 0.2) is 0 Å². The van der Waals surface area contributed by atoms with Crippen molar-refractivity contribution in [3.8, 4) is 0 Å². The molecule has 1 heterocycles. The normalized spacial score (nSPS) is 32.2. The van der Waals surface area contributed by atoms with Crippen LogP contribution in [0, 0.1) is 0 Å². The monoisotopic (exact) mass is 161 g/mol. The summed E-state index contributed by atoms with van der Waals surface area (Å²) in [6.45, 7) is 0.795. The Hall–Kier alpha value is -0.220. The second kappa shape index (κ2) is 3.25. The maximum absolute atomic E-state index is 10.8. The molecule has 1 aliphatic heterocycles. The maximum Gasteiger partial charge on any atom is 0.322 e. The molecule has 0 aliphatic carbocycles. The summed E-state index contributed by atoms with van der Waals surface area (Å²) in [7, 11) is 1.40. The molecule has 1 N–H and O–H groups in total. The second-order valence-corrected chi connectivity index (χ2v) is 3.10. The maximum atomic E-state index is 10.8. The highest BCUT2D eigenvalue weighted by molar-refractivity contribution is 7.81. The van der Waals surface area contributed by atoms with E-state index in [2.05, 4.69) is 22.7 Å². The Bertz CT molecular complexity index is 140. The molecule has 4 heteroatoms. The molecule has 0 bridgehead atoms. The molecule has 0 spiro atoms. The average Bonchev–Trinajstić information content (AvgIpc) is 2.34. The van der Waals surface area contributed by atoms with Crippen LogP contribution in [0.1, 0.15) is 6.42 Å². The Balaban J connectivity index is 2.37. The summed E-state index contributed by atoms with van der Waals surface area (Å²) in [5.41, 5.74) is 0. The molecule has 3 nitrogen and oxygen atoms in total. The Kier molecular flexibility index (Phi) is 2.56. The van der Waals surface area contributed by atoms with Crippen molar-refractivity contribution in [2.45, 2.75) is 17.7 Å². The van der Waals surface area contributed by atoms with Gasteiger partial charge in [-0.15, -0.1) is 0 Å². The SMILES string of the molecule is COC(=O)[C@H]1C[C@H](S)CN1. The molecule has 1 saturated heterocycles. The average molecular weight is 161 g/mol. The molecule has 2 atom stereocenters. The third-order valence-corrected chi connectivity index (χ3v) is 1.99. The van der Waals surface area contributed by atoms with E-state index in [0.717, 1.165) is 13.0 Å². The van der Waals surface area contributed by atoms with Crippen molar-refractivity contribution >= 4 is 18.6 Å². The third kappa shape index (κ3) is 1.64. The molecule has 0 aromatic heterocycles. The fraction of sp³-hybridized carbons (Fsp3) is 0.833. The van der Waals surface area contributed by atoms with Crippen LogP contribution in [0.2, 0.25) is 0 Å². The van der Waals surface area contributed by atoms with Gasteiger partial charge in [0.2, 0.25) is 0 Å². The number of methoxy groups -OCH3 is 1. The van der Waals surface area contributed by atoms with Gasteiger partial charge < -0.3 is 10.1 Å². The summed E-state index contributed by atoms with van der Waals surface area (Å²) in [5.74, 6) is -0.184. The van der Waals surface area contributed by atoms with Crippen LogP contribution in [0.25, 0.3) is 0 Å². The Labute approximate surface area is 65.5 Å². The van der Waals surface area contributed by atoms with E-state index in [1.165, 1.54) is 7.11 Å². The lowest BCUT2D eigenvalue weighted by Crippen LogP contribution is -2.31. The first kappa shape index (κ1) is 7.88. The molecule has 1 aliphatic rings. The van der Waals surface area contributed by atoms with Crippen LogP contribution in [0.3, 0.4) is 0 Å². The number of nitrogens with one attached hydrogen (secondary N) is 1. The summed E-state index contributed by atoms with van der Waals surface area (Å²) in [5, 5.41) is 3.30. The molecule has 58 valence electrons. The van der Waals surface area contributed by atoms with Gasteiger partial charge >= 0.3 is 5.97 Å². The number of carbonyl (C=O) groups is 1. The zero-order valence-corrected chi connectivity index (χ0v) is 6.73. The first-order chi connectivity index (χ1) is 4.74. The van der Waals surface area contributed by atoms with E-state index < -0.39 is 0 Å². The minimum Gasteiger partial charge on any atom is -0.468 e. The topological polar surface area (TPSA) is 38.3 Å². The van der Waals surface area contributed by atoms with Crippen LogP contribution >= 0.6 is 12.6 Å². The highest BCUT2D eigenvalue weighted by Crippen LogP contribution is 2.12. The highest BCUT2D eigenvalue weighted by atomic mass is 32.1. The van der Waals surface area contributed by atoms with Crippen LogP contribution in [0.4, 0.5) is 0 Å². The zero-order chi connectivity index (χ0) is 7.56. The number of thiol groups is 1. The lowest BCUT2D eigenvalue weighted by atomic mass is 10.2. The smallest absolute Gasteiger partial charge is 0.322 e. The van der Waals surface area contributed by atoms with E-state index >= 15 is 0 Å². The van der Waals surface area contributed by atoms with Crippen molar-refractivity contribution in [3.05, 3.63) is 0 Å². The lowest BCUT2D eigenvalue weighted by Gasteiger charge is -2.05. The number of rotatable bonds is 1. The van der Waals surface area contributed by atoms with Crippen LogP contribution in [0.5, 0.6) is 0 Å². The predicted octanol–water partition coefficient (Wildman–Crippen LogP) is -0.180. The largest absolute Gasteiger partial charge is 0.468 e. The van der Waals surface area contributed by atoms with Crippen molar-refractivity contribution in [3.63, 3.8) is 0 Å². The molecule has 0 aromatic carbocycles. The Morgan fingerprint density at radius 3 is 2.90 bits per heavy atom. The third-order valence-electron chi connectivity index (χ3n) is 1.59. The standard InChI is InChI=1S/C6H11NO2S/c1-9-6(8)5-2-4(10)3-7-5/h4-5,7,10H,2-3H2,1H3/t4-,5+/m0/s1. The van der Waals surface area contributed by atoms with E-state index in [1.807, 2.05) is 0 Å². The first-order valence-corrected chi connectivity index (χ1v) is 3.75. The van der Waals surface area contributed by atoms with Crippen molar-refractivity contribution in [1.82, 2.24) is 5.32 Å². The Morgan fingerprint density at radius 2 is 2.50 bits per heavy atom. The summed E-state index contributed by atoms with van der Waals surface area (Å²) in [6, 6.07) is -0.132. The van der Waals surface area contributed by atoms with Crippen LogP contribution in [-0.4, -0.2) is 30.9 Å². The molecule has 1 fully saturated rings. The van der Waals surface area contributed by atoms with E-state index in [0.29, 0.717) is 5.25 Å². The number of hydrogen-bond acceptors (Lipinski definition) is 4. The van der Waals surface area contributed by atoms with Gasteiger partial charge in [-0.2, -0.15) is 12.6 Å². The van der Waals surface area contributed by atoms with Gasteiger partial charge in [-0.05, 0) is 6.42 Å². The lowest BCUT2D eigenvalue weighted by molar-refractivity contribution is -0.142. The predicted molar refractivity (Wildman–Crippen MR) is 41.2 cm³/mol. The second-order valence-electron chi connectivity index (χ2n) is 2.37. The van der Waals surface area contributed by atoms with Crippen molar-refractivity contribution in [2.24, 2.45) is 0 Å². The Morgan fingerprint density at radius 1 is 1.80 bits per heavy atom. The molecular formula is C6H11NO2S. The summed E-state index contributed by atoms with van der Waals surface area (Å²) < 4.78 is 4.55. The van der Waals surface area contributed by atoms with Crippen molar-refractivity contribution in [1.29, 1.82) is 0 Å². The van der Waals surface area contributed by atoms with E-state index in [9.17, 15) is 4.79 Å².